The minimum atomic E-state index is -1.91. The van der Waals surface area contributed by atoms with Gasteiger partial charge in [-0.15, -0.1) is 0 Å². The van der Waals surface area contributed by atoms with E-state index < -0.39 is 70.8 Å². The summed E-state index contributed by atoms with van der Waals surface area (Å²) in [5.74, 6) is -2.90. The Kier molecular flexibility index (Phi) is 7.81. The molecule has 2 bridgehead atoms. The second kappa shape index (κ2) is 10.4. The highest BCUT2D eigenvalue weighted by Gasteiger charge is 2.69. The Labute approximate surface area is 234 Å². The molecule has 1 aromatic carbocycles. The molecule has 0 aliphatic heterocycles. The predicted octanol–water partition coefficient (Wildman–Crippen LogP) is 3.26. The van der Waals surface area contributed by atoms with Crippen molar-refractivity contribution < 1.29 is 43.9 Å². The average Bonchev–Trinajstić information content (AvgIpc) is 2.87. The van der Waals surface area contributed by atoms with Crippen LogP contribution in [0, 0.1) is 16.7 Å². The molecular weight excluding hydrogens is 516 g/mol. The Morgan fingerprint density at radius 1 is 0.925 bits per heavy atom. The van der Waals surface area contributed by atoms with Crippen molar-refractivity contribution in [2.45, 2.75) is 96.9 Å². The maximum absolute atomic E-state index is 13.6. The lowest BCUT2D eigenvalue weighted by molar-refractivity contribution is -0.233. The van der Waals surface area contributed by atoms with E-state index in [-0.39, 0.29) is 24.8 Å². The molecule has 0 spiro atoms. The Morgan fingerprint density at radius 3 is 2.10 bits per heavy atom. The normalized spacial score (nSPS) is 37.0. The Bertz CT molecular complexity index is 1230. The quantitative estimate of drug-likeness (QED) is 0.290. The SMILES string of the molecule is C=C1[C@@H](O)CC[C@@]2(C)[C@@H](OC(C)=O)[C@H](OC(C)=O)C3=C(C)[C@@H](O)C[C@@](O)([C@@H](OC(=O)c4ccccc4)[C@H]12)C3(C)C. The summed E-state index contributed by atoms with van der Waals surface area (Å²) in [5.41, 5.74) is -2.85. The molecule has 0 radical (unpaired) electrons. The first kappa shape index (κ1) is 30.0. The molecule has 2 saturated carbocycles. The number of hydrogen-bond acceptors (Lipinski definition) is 9. The largest absolute Gasteiger partial charge is 0.458 e. The average molecular weight is 557 g/mol. The van der Waals surface area contributed by atoms with E-state index in [0.717, 1.165) is 0 Å². The van der Waals surface area contributed by atoms with Gasteiger partial charge < -0.3 is 29.5 Å². The summed E-state index contributed by atoms with van der Waals surface area (Å²) in [6.07, 6.45) is -5.43. The van der Waals surface area contributed by atoms with Crippen molar-refractivity contribution >= 4 is 17.9 Å². The minimum absolute atomic E-state index is 0.191. The summed E-state index contributed by atoms with van der Waals surface area (Å²) in [5, 5.41) is 35.0. The van der Waals surface area contributed by atoms with E-state index in [4.69, 9.17) is 14.2 Å². The molecule has 0 unspecified atom stereocenters. The van der Waals surface area contributed by atoms with Crippen molar-refractivity contribution in [1.82, 2.24) is 0 Å². The molecule has 9 nitrogen and oxygen atoms in total. The molecule has 0 heterocycles. The van der Waals surface area contributed by atoms with E-state index in [2.05, 4.69) is 6.58 Å². The first-order chi connectivity index (χ1) is 18.6. The van der Waals surface area contributed by atoms with E-state index in [1.54, 1.807) is 51.1 Å². The topological polar surface area (TPSA) is 140 Å². The Balaban J connectivity index is 2.05. The summed E-state index contributed by atoms with van der Waals surface area (Å²) in [6, 6.07) is 8.32. The van der Waals surface area contributed by atoms with Crippen LogP contribution in [0.15, 0.2) is 53.6 Å². The molecule has 9 heteroatoms. The van der Waals surface area contributed by atoms with Gasteiger partial charge in [0, 0.05) is 37.0 Å². The third-order valence-corrected chi connectivity index (χ3v) is 9.49. The Hall–Kier alpha value is -3.01. The molecule has 40 heavy (non-hydrogen) atoms. The molecule has 0 aromatic heterocycles. The molecule has 0 saturated heterocycles. The number of aliphatic hydroxyl groups excluding tert-OH is 2. The van der Waals surface area contributed by atoms with Crippen LogP contribution in [-0.2, 0) is 23.8 Å². The molecule has 2 fully saturated rings. The highest BCUT2D eigenvalue weighted by Crippen LogP contribution is 2.62. The number of hydrogen-bond donors (Lipinski definition) is 3. The standard InChI is InChI=1S/C31H40O9/c1-16-21(34)13-14-30(7)24(16)26(40-28(36)20-11-9-8-10-12-20)31(37)15-22(35)17(2)23(29(31,5)6)25(38-18(3)32)27(30)39-19(4)33/h8-12,21-22,24-27,34-35,37H,1,13-15H2,2-7H3/t21-,22-,24-,25+,26-,27-,30+,31+/m0/s1. The minimum Gasteiger partial charge on any atom is -0.458 e. The number of ether oxygens (including phenoxy) is 3. The predicted molar refractivity (Wildman–Crippen MR) is 145 cm³/mol. The molecule has 3 aliphatic carbocycles. The van der Waals surface area contributed by atoms with Gasteiger partial charge in [-0.25, -0.2) is 4.79 Å². The van der Waals surface area contributed by atoms with Crippen LogP contribution in [0.3, 0.4) is 0 Å². The smallest absolute Gasteiger partial charge is 0.338 e. The summed E-state index contributed by atoms with van der Waals surface area (Å²) in [4.78, 5) is 38.6. The number of esters is 3. The first-order valence-corrected chi connectivity index (χ1v) is 13.6. The van der Waals surface area contributed by atoms with Gasteiger partial charge in [0.2, 0.25) is 0 Å². The Morgan fingerprint density at radius 2 is 1.52 bits per heavy atom. The van der Waals surface area contributed by atoms with Gasteiger partial charge in [-0.3, -0.25) is 9.59 Å². The fourth-order valence-corrected chi connectivity index (χ4v) is 7.31. The second-order valence-corrected chi connectivity index (χ2v) is 12.2. The molecule has 1 aromatic rings. The van der Waals surface area contributed by atoms with Gasteiger partial charge in [-0.1, -0.05) is 45.5 Å². The number of carbonyl (C=O) groups excluding carboxylic acids is 3. The van der Waals surface area contributed by atoms with Crippen molar-refractivity contribution in [1.29, 1.82) is 0 Å². The van der Waals surface area contributed by atoms with Crippen LogP contribution in [0.2, 0.25) is 0 Å². The summed E-state index contributed by atoms with van der Waals surface area (Å²) >= 11 is 0. The number of fused-ring (bicyclic) bond motifs is 3. The number of carbonyl (C=O) groups is 3. The van der Waals surface area contributed by atoms with Crippen molar-refractivity contribution in [3.05, 3.63) is 59.2 Å². The molecular formula is C31H40O9. The monoisotopic (exact) mass is 556 g/mol. The van der Waals surface area contributed by atoms with Crippen LogP contribution in [0.5, 0.6) is 0 Å². The van der Waals surface area contributed by atoms with Gasteiger partial charge in [0.1, 0.15) is 17.8 Å². The van der Waals surface area contributed by atoms with E-state index in [1.165, 1.54) is 13.8 Å². The molecule has 0 amide bonds. The molecule has 4 rings (SSSR count). The maximum atomic E-state index is 13.6. The molecule has 218 valence electrons. The lowest BCUT2D eigenvalue weighted by Gasteiger charge is -2.62. The van der Waals surface area contributed by atoms with E-state index in [9.17, 15) is 29.7 Å². The summed E-state index contributed by atoms with van der Waals surface area (Å²) in [7, 11) is 0. The van der Waals surface area contributed by atoms with E-state index in [1.807, 2.05) is 6.92 Å². The molecule has 3 N–H and O–H groups in total. The third kappa shape index (κ3) is 4.67. The van der Waals surface area contributed by atoms with Crippen LogP contribution >= 0.6 is 0 Å². The summed E-state index contributed by atoms with van der Waals surface area (Å²) in [6.45, 7) is 13.6. The van der Waals surface area contributed by atoms with Crippen molar-refractivity contribution in [2.24, 2.45) is 16.7 Å². The van der Waals surface area contributed by atoms with Crippen LogP contribution in [0.1, 0.15) is 71.2 Å². The van der Waals surface area contributed by atoms with Gasteiger partial charge in [-0.05, 0) is 48.6 Å². The van der Waals surface area contributed by atoms with Gasteiger partial charge in [0.25, 0.3) is 0 Å². The van der Waals surface area contributed by atoms with Gasteiger partial charge in [0.05, 0.1) is 17.8 Å². The summed E-state index contributed by atoms with van der Waals surface area (Å²) < 4.78 is 18.1. The zero-order chi connectivity index (χ0) is 29.8. The fraction of sp³-hybridized carbons (Fsp3) is 0.581. The second-order valence-electron chi connectivity index (χ2n) is 12.2. The lowest BCUT2D eigenvalue weighted by Crippen LogP contribution is -2.71. The number of aliphatic hydroxyl groups is 3. The number of rotatable bonds is 4. The molecule has 8 atom stereocenters. The van der Waals surface area contributed by atoms with Crippen LogP contribution in [0.25, 0.3) is 0 Å². The number of benzene rings is 1. The fourth-order valence-electron chi connectivity index (χ4n) is 7.31. The highest BCUT2D eigenvalue weighted by atomic mass is 16.6. The lowest BCUT2D eigenvalue weighted by atomic mass is 9.47. The van der Waals surface area contributed by atoms with Crippen LogP contribution in [-0.4, -0.2) is 69.3 Å². The zero-order valence-corrected chi connectivity index (χ0v) is 24.0. The zero-order valence-electron chi connectivity index (χ0n) is 24.0. The van der Waals surface area contributed by atoms with Gasteiger partial charge in [-0.2, -0.15) is 0 Å². The van der Waals surface area contributed by atoms with Crippen molar-refractivity contribution in [3.8, 4) is 0 Å². The van der Waals surface area contributed by atoms with Crippen LogP contribution in [0.4, 0.5) is 0 Å². The third-order valence-electron chi connectivity index (χ3n) is 9.49. The molecule has 3 aliphatic rings. The van der Waals surface area contributed by atoms with Crippen molar-refractivity contribution in [2.75, 3.05) is 0 Å². The van der Waals surface area contributed by atoms with Crippen molar-refractivity contribution in [3.63, 3.8) is 0 Å². The first-order valence-electron chi connectivity index (χ1n) is 13.6. The van der Waals surface area contributed by atoms with E-state index >= 15 is 0 Å². The highest BCUT2D eigenvalue weighted by molar-refractivity contribution is 5.89. The van der Waals surface area contributed by atoms with Gasteiger partial charge >= 0.3 is 17.9 Å². The maximum Gasteiger partial charge on any atom is 0.338 e. The van der Waals surface area contributed by atoms with E-state index in [0.29, 0.717) is 16.7 Å². The van der Waals surface area contributed by atoms with Gasteiger partial charge in [0.15, 0.2) is 6.10 Å². The van der Waals surface area contributed by atoms with Crippen LogP contribution < -0.4 is 0 Å².